The molecule has 0 saturated carbocycles. The molecule has 3 nitrogen and oxygen atoms in total. The largest absolute Gasteiger partial charge is 0.490 e. The van der Waals surface area contributed by atoms with Gasteiger partial charge in [-0.15, -0.1) is 0 Å². The van der Waals surface area contributed by atoms with Gasteiger partial charge in [0.15, 0.2) is 0 Å². The molecule has 0 amide bonds. The summed E-state index contributed by atoms with van der Waals surface area (Å²) in [5.74, 6) is 0.413. The van der Waals surface area contributed by atoms with Gasteiger partial charge in [-0.3, -0.25) is 0 Å². The summed E-state index contributed by atoms with van der Waals surface area (Å²) in [6, 6.07) is 4.32. The molecule has 1 aliphatic heterocycles. The fraction of sp³-hybridized carbons (Fsp3) is 0.571. The first kappa shape index (κ1) is 13.3. The number of benzene rings is 1. The second-order valence-electron chi connectivity index (χ2n) is 5.43. The van der Waals surface area contributed by atoms with Gasteiger partial charge >= 0.3 is 0 Å². The summed E-state index contributed by atoms with van der Waals surface area (Å²) in [5.41, 5.74) is 6.58. The van der Waals surface area contributed by atoms with E-state index in [1.54, 1.807) is 13.2 Å². The Morgan fingerprint density at radius 1 is 1.50 bits per heavy atom. The number of fused-ring (bicyclic) bond motifs is 1. The van der Waals surface area contributed by atoms with Gasteiger partial charge in [0.1, 0.15) is 17.7 Å². The minimum absolute atomic E-state index is 0.00733. The SMILES string of the molecule is COC(C)(C)CC1C[C@H](N)c2cc(F)ccc2O1. The average Bonchev–Trinajstić information content (AvgIpc) is 2.30. The van der Waals surface area contributed by atoms with Gasteiger partial charge in [0.2, 0.25) is 0 Å². The van der Waals surface area contributed by atoms with E-state index < -0.39 is 0 Å². The molecule has 0 aromatic heterocycles. The molecule has 0 radical (unpaired) electrons. The van der Waals surface area contributed by atoms with Crippen LogP contribution in [0, 0.1) is 5.82 Å². The third-order valence-corrected chi connectivity index (χ3v) is 3.45. The molecule has 2 rings (SSSR count). The maximum absolute atomic E-state index is 13.2. The minimum atomic E-state index is -0.275. The Balaban J connectivity index is 2.16. The van der Waals surface area contributed by atoms with Crippen LogP contribution in [0.3, 0.4) is 0 Å². The summed E-state index contributed by atoms with van der Waals surface area (Å²) in [6.45, 7) is 4.03. The van der Waals surface area contributed by atoms with E-state index in [1.807, 2.05) is 13.8 Å². The lowest BCUT2D eigenvalue weighted by molar-refractivity contribution is -0.0194. The molecule has 1 unspecified atom stereocenters. The fourth-order valence-electron chi connectivity index (χ4n) is 2.31. The molecular weight excluding hydrogens is 233 g/mol. The number of halogens is 1. The number of hydrogen-bond donors (Lipinski definition) is 1. The zero-order chi connectivity index (χ0) is 13.3. The molecular formula is C14H20FNO2. The average molecular weight is 253 g/mol. The zero-order valence-corrected chi connectivity index (χ0v) is 11.1. The van der Waals surface area contributed by atoms with Gasteiger partial charge in [-0.1, -0.05) is 0 Å². The Morgan fingerprint density at radius 2 is 2.22 bits per heavy atom. The van der Waals surface area contributed by atoms with Gasteiger partial charge in [0.25, 0.3) is 0 Å². The first-order valence-electron chi connectivity index (χ1n) is 6.18. The van der Waals surface area contributed by atoms with Crippen LogP contribution in [-0.2, 0) is 4.74 Å². The number of hydrogen-bond acceptors (Lipinski definition) is 3. The van der Waals surface area contributed by atoms with E-state index in [9.17, 15) is 4.39 Å². The maximum Gasteiger partial charge on any atom is 0.124 e. The number of rotatable bonds is 3. The first-order chi connectivity index (χ1) is 8.41. The van der Waals surface area contributed by atoms with Crippen molar-refractivity contribution in [3.05, 3.63) is 29.6 Å². The molecule has 0 fully saturated rings. The number of methoxy groups -OCH3 is 1. The van der Waals surface area contributed by atoms with Crippen molar-refractivity contribution < 1.29 is 13.9 Å². The quantitative estimate of drug-likeness (QED) is 0.900. The van der Waals surface area contributed by atoms with E-state index in [1.165, 1.54) is 12.1 Å². The van der Waals surface area contributed by atoms with Crippen molar-refractivity contribution in [3.63, 3.8) is 0 Å². The molecule has 1 heterocycles. The number of ether oxygens (including phenoxy) is 2. The van der Waals surface area contributed by atoms with Crippen LogP contribution in [0.15, 0.2) is 18.2 Å². The highest BCUT2D eigenvalue weighted by Gasteiger charge is 2.31. The Kier molecular flexibility index (Phi) is 3.59. The van der Waals surface area contributed by atoms with E-state index in [2.05, 4.69) is 0 Å². The topological polar surface area (TPSA) is 44.5 Å². The molecule has 0 saturated heterocycles. The lowest BCUT2D eigenvalue weighted by Gasteiger charge is -2.34. The first-order valence-corrected chi connectivity index (χ1v) is 6.18. The molecule has 0 aliphatic carbocycles. The Morgan fingerprint density at radius 3 is 2.89 bits per heavy atom. The third-order valence-electron chi connectivity index (χ3n) is 3.45. The maximum atomic E-state index is 13.2. The van der Waals surface area contributed by atoms with Crippen LogP contribution < -0.4 is 10.5 Å². The van der Waals surface area contributed by atoms with Crippen molar-refractivity contribution in [1.29, 1.82) is 0 Å². The second-order valence-corrected chi connectivity index (χ2v) is 5.43. The van der Waals surface area contributed by atoms with E-state index >= 15 is 0 Å². The predicted molar refractivity (Wildman–Crippen MR) is 68.1 cm³/mol. The standard InChI is InChI=1S/C14H20FNO2/c1-14(2,17-3)8-10-7-12(16)11-6-9(15)4-5-13(11)18-10/h4-6,10,12H,7-8,16H2,1-3H3/t10?,12-/m0/s1. The zero-order valence-electron chi connectivity index (χ0n) is 11.1. The Bertz CT molecular complexity index is 434. The lowest BCUT2D eigenvalue weighted by atomic mass is 9.91. The predicted octanol–water partition coefficient (Wildman–Crippen LogP) is 2.79. The van der Waals surface area contributed by atoms with Crippen LogP contribution in [-0.4, -0.2) is 18.8 Å². The summed E-state index contributed by atoms with van der Waals surface area (Å²) in [5, 5.41) is 0. The summed E-state index contributed by atoms with van der Waals surface area (Å²) < 4.78 is 24.4. The summed E-state index contributed by atoms with van der Waals surface area (Å²) in [4.78, 5) is 0. The fourth-order valence-corrected chi connectivity index (χ4v) is 2.31. The highest BCUT2D eigenvalue weighted by Crippen LogP contribution is 2.36. The van der Waals surface area contributed by atoms with Crippen molar-refractivity contribution in [2.45, 2.75) is 44.4 Å². The van der Waals surface area contributed by atoms with Crippen LogP contribution in [0.2, 0.25) is 0 Å². The summed E-state index contributed by atoms with van der Waals surface area (Å²) in [7, 11) is 1.69. The molecule has 18 heavy (non-hydrogen) atoms. The molecule has 2 N–H and O–H groups in total. The van der Waals surface area contributed by atoms with Crippen molar-refractivity contribution in [3.8, 4) is 5.75 Å². The molecule has 1 aromatic rings. The van der Waals surface area contributed by atoms with Crippen LogP contribution in [0.5, 0.6) is 5.75 Å². The van der Waals surface area contributed by atoms with Crippen molar-refractivity contribution in [1.82, 2.24) is 0 Å². The van der Waals surface area contributed by atoms with E-state index in [-0.39, 0.29) is 23.6 Å². The van der Waals surface area contributed by atoms with E-state index in [0.29, 0.717) is 12.2 Å². The molecule has 100 valence electrons. The van der Waals surface area contributed by atoms with Crippen molar-refractivity contribution in [2.75, 3.05) is 7.11 Å². The monoisotopic (exact) mass is 253 g/mol. The Hall–Kier alpha value is -1.13. The molecule has 0 bridgehead atoms. The minimum Gasteiger partial charge on any atom is -0.490 e. The smallest absolute Gasteiger partial charge is 0.124 e. The lowest BCUT2D eigenvalue weighted by Crippen LogP contribution is -2.36. The van der Waals surface area contributed by atoms with Gasteiger partial charge in [-0.05, 0) is 32.0 Å². The molecule has 0 spiro atoms. The summed E-state index contributed by atoms with van der Waals surface area (Å²) >= 11 is 0. The van der Waals surface area contributed by atoms with Crippen molar-refractivity contribution >= 4 is 0 Å². The van der Waals surface area contributed by atoms with Crippen LogP contribution in [0.25, 0.3) is 0 Å². The molecule has 2 atom stereocenters. The van der Waals surface area contributed by atoms with Gasteiger partial charge in [0.05, 0.1) is 5.60 Å². The van der Waals surface area contributed by atoms with Crippen LogP contribution in [0.1, 0.15) is 38.3 Å². The number of nitrogens with two attached hydrogens (primary N) is 1. The van der Waals surface area contributed by atoms with Crippen LogP contribution >= 0.6 is 0 Å². The molecule has 1 aromatic carbocycles. The highest BCUT2D eigenvalue weighted by molar-refractivity contribution is 5.38. The van der Waals surface area contributed by atoms with Gasteiger partial charge < -0.3 is 15.2 Å². The highest BCUT2D eigenvalue weighted by atomic mass is 19.1. The van der Waals surface area contributed by atoms with E-state index in [4.69, 9.17) is 15.2 Å². The second kappa shape index (κ2) is 4.86. The van der Waals surface area contributed by atoms with Gasteiger partial charge in [-0.2, -0.15) is 0 Å². The normalized spacial score (nSPS) is 23.4. The van der Waals surface area contributed by atoms with E-state index in [0.717, 1.165) is 12.0 Å². The molecule has 4 heteroatoms. The third kappa shape index (κ3) is 2.82. The summed E-state index contributed by atoms with van der Waals surface area (Å²) in [6.07, 6.45) is 1.45. The van der Waals surface area contributed by atoms with Gasteiger partial charge in [0, 0.05) is 31.6 Å². The Labute approximate surface area is 107 Å². The molecule has 1 aliphatic rings. The van der Waals surface area contributed by atoms with Crippen LogP contribution in [0.4, 0.5) is 4.39 Å². The van der Waals surface area contributed by atoms with Crippen molar-refractivity contribution in [2.24, 2.45) is 5.73 Å². The van der Waals surface area contributed by atoms with Gasteiger partial charge in [-0.25, -0.2) is 4.39 Å².